The zero-order valence-electron chi connectivity index (χ0n) is 61.9. The van der Waals surface area contributed by atoms with Crippen LogP contribution in [0.2, 0.25) is 0 Å². The lowest BCUT2D eigenvalue weighted by Gasteiger charge is -2.33. The summed E-state index contributed by atoms with van der Waals surface area (Å²) >= 11 is 0. The fourth-order valence-electron chi connectivity index (χ4n) is 7.91. The Morgan fingerprint density at radius 1 is 0.463 bits per heavy atom. The van der Waals surface area contributed by atoms with Gasteiger partial charge in [-0.3, -0.25) is 0 Å². The summed E-state index contributed by atoms with van der Waals surface area (Å²) in [4.78, 5) is 0.243. The first-order chi connectivity index (χ1) is 41.1. The molecule has 3 aliphatic rings. The molecule has 54 heavy (non-hydrogen) atoms. The second kappa shape index (κ2) is 10.5. The van der Waals surface area contributed by atoms with Crippen molar-refractivity contribution in [1.29, 1.82) is 0 Å². The Bertz CT molecular complexity index is 4900. The van der Waals surface area contributed by atoms with Crippen molar-refractivity contribution < 1.29 is 52.4 Å². The van der Waals surface area contributed by atoms with Crippen molar-refractivity contribution in [3.63, 3.8) is 0 Å². The van der Waals surface area contributed by atoms with E-state index in [1.807, 2.05) is 0 Å². The number of furan rings is 1. The number of hydrogen-bond donors (Lipinski definition) is 0. The van der Waals surface area contributed by atoms with Crippen molar-refractivity contribution in [1.82, 2.24) is 0 Å². The minimum Gasteiger partial charge on any atom is -0.455 e. The molecule has 1 unspecified atom stereocenters. The summed E-state index contributed by atoms with van der Waals surface area (Å²) in [7, 11) is 0. The molecule has 2 nitrogen and oxygen atoms in total. The van der Waals surface area contributed by atoms with E-state index in [1.165, 1.54) is 0 Å². The van der Waals surface area contributed by atoms with Crippen molar-refractivity contribution in [2.24, 2.45) is 0 Å². The molecule has 1 heterocycles. The maximum atomic E-state index is 10.8. The molecule has 0 saturated heterocycles. The summed E-state index contributed by atoms with van der Waals surface area (Å²) in [6, 6.07) is -33.7. The first-order valence-electron chi connectivity index (χ1n) is 33.6. The molecular formula is C52H35NO. The molecule has 1 atom stereocenters. The molecule has 8 aromatic carbocycles. The van der Waals surface area contributed by atoms with E-state index >= 15 is 0 Å². The smallest absolute Gasteiger partial charge is 0.143 e. The lowest BCUT2D eigenvalue weighted by molar-refractivity contribution is 0.660. The van der Waals surface area contributed by atoms with Crippen molar-refractivity contribution in [2.75, 3.05) is 4.90 Å². The topological polar surface area (TPSA) is 16.4 Å². The van der Waals surface area contributed by atoms with Crippen LogP contribution in [0.1, 0.15) is 95.1 Å². The van der Waals surface area contributed by atoms with Crippen molar-refractivity contribution in [3.05, 3.63) is 209 Å². The highest BCUT2D eigenvalue weighted by atomic mass is 16.3. The number of hydrogen-bond acceptors (Lipinski definition) is 2. The van der Waals surface area contributed by atoms with Crippen LogP contribution in [0, 0.1) is 0 Å². The fourth-order valence-corrected chi connectivity index (χ4v) is 7.91. The van der Waals surface area contributed by atoms with Gasteiger partial charge in [-0.25, -0.2) is 0 Å². The van der Waals surface area contributed by atoms with E-state index in [0.29, 0.717) is 0 Å². The molecule has 1 aromatic heterocycles. The van der Waals surface area contributed by atoms with E-state index in [1.54, 1.807) is 0 Å². The number of rotatable bonds is 3. The van der Waals surface area contributed by atoms with Gasteiger partial charge in [0.1, 0.15) is 11.2 Å². The SMILES string of the molecule is [2H]c1c([2H])c([2H])c(N(c2c([2H])c([2H])c3c(c2[2H])C2(c4c([2H])c([2H])c([2H])c([2H])c4-3)c3c([2H])c([2H])c([2H])c([2H])c3-c3c2c([2H])c([2H])c2c3oc3c([2H])c([2H])c([2H])c([2H])c32)c2c([2H])c([2H])c([2H])c3c2-c2c([2H])c([2H])c([2H])c([2H])c2C3(C([2H])([2H])[2H])C([2H])([2H])[2H])c([2H])c1[2H]. The number of benzene rings is 8. The zero-order valence-corrected chi connectivity index (χ0v) is 26.9. The highest BCUT2D eigenvalue weighted by Gasteiger charge is 2.52. The second-order valence-electron chi connectivity index (χ2n) is 12.5. The molecule has 1 spiro atoms. The highest BCUT2D eigenvalue weighted by molar-refractivity contribution is 6.13. The van der Waals surface area contributed by atoms with Crippen LogP contribution in [0.15, 0.2) is 180 Å². The van der Waals surface area contributed by atoms with Crippen LogP contribution in [0.3, 0.4) is 0 Å². The Balaban J connectivity index is 1.41. The van der Waals surface area contributed by atoms with Gasteiger partial charge in [0, 0.05) is 46.9 Å². The second-order valence-corrected chi connectivity index (χ2v) is 12.5. The van der Waals surface area contributed by atoms with Crippen LogP contribution in [0.5, 0.6) is 0 Å². The molecule has 0 amide bonds. The van der Waals surface area contributed by atoms with E-state index in [4.69, 9.17) is 29.1 Å². The zero-order chi connectivity index (χ0) is 66.0. The minimum absolute atomic E-state index is 0.243. The van der Waals surface area contributed by atoms with Gasteiger partial charge in [-0.1, -0.05) is 153 Å². The molecule has 0 saturated carbocycles. The quantitative estimate of drug-likeness (QED) is 0.180. The molecular weight excluding hydrogens is 655 g/mol. The molecule has 9 aromatic rings. The minimum atomic E-state index is -4.06. The third-order valence-corrected chi connectivity index (χ3v) is 10.00. The van der Waals surface area contributed by atoms with E-state index in [0.717, 1.165) is 0 Å². The third-order valence-electron chi connectivity index (χ3n) is 10.00. The first kappa shape index (κ1) is 11.7. The first-order valence-corrected chi connectivity index (χ1v) is 16.1. The summed E-state index contributed by atoms with van der Waals surface area (Å²) < 4.78 is 332. The van der Waals surface area contributed by atoms with Crippen molar-refractivity contribution in [2.45, 2.75) is 24.5 Å². The Morgan fingerprint density at radius 2 is 1.11 bits per heavy atom. The van der Waals surface area contributed by atoms with Gasteiger partial charge < -0.3 is 9.32 Å². The van der Waals surface area contributed by atoms with Gasteiger partial charge in [0.05, 0.1) is 50.9 Å². The van der Waals surface area contributed by atoms with Gasteiger partial charge in [0.25, 0.3) is 0 Å². The summed E-state index contributed by atoms with van der Waals surface area (Å²) in [5, 5.41) is -1.06. The molecule has 12 rings (SSSR count). The average molecular weight is 725 g/mol. The summed E-state index contributed by atoms with van der Waals surface area (Å²) in [5.74, 6) is 0. The molecule has 0 aliphatic heterocycles. The van der Waals surface area contributed by atoms with E-state index < -0.39 is 306 Å². The van der Waals surface area contributed by atoms with Gasteiger partial charge in [-0.15, -0.1) is 0 Å². The van der Waals surface area contributed by atoms with Crippen LogP contribution in [-0.4, -0.2) is 0 Å². The lowest BCUT2D eigenvalue weighted by atomic mass is 9.70. The molecule has 0 radical (unpaired) electrons. The van der Waals surface area contributed by atoms with Crippen molar-refractivity contribution >= 4 is 39.0 Å². The van der Waals surface area contributed by atoms with Crippen LogP contribution in [0.25, 0.3) is 55.3 Å². The maximum Gasteiger partial charge on any atom is 0.143 e. The largest absolute Gasteiger partial charge is 0.455 e. The summed E-state index contributed by atoms with van der Waals surface area (Å²) in [6.07, 6.45) is 0. The Kier molecular flexibility index (Phi) is 2.27. The van der Waals surface area contributed by atoms with Crippen LogP contribution < -0.4 is 4.90 Å². The Labute approximate surface area is 363 Å². The van der Waals surface area contributed by atoms with Crippen LogP contribution >= 0.6 is 0 Å². The van der Waals surface area contributed by atoms with Gasteiger partial charge in [0.2, 0.25) is 0 Å². The number of fused-ring (bicyclic) bond motifs is 17. The Morgan fingerprint density at radius 3 is 1.93 bits per heavy atom. The molecule has 0 fully saturated rings. The van der Waals surface area contributed by atoms with E-state index in [-0.39, 0.29) is 4.90 Å². The third kappa shape index (κ3) is 3.60. The van der Waals surface area contributed by atoms with Gasteiger partial charge >= 0.3 is 0 Å². The van der Waals surface area contributed by atoms with Gasteiger partial charge in [0.15, 0.2) is 0 Å². The standard InChI is InChI=1S/C52H35NO/c1-51(2)40-21-10-7-19-38(40)48-43(51)24-14-25-46(48)53(32-15-4-3-5-16-32)33-27-28-35-34-17-6-11-22-41(34)52(45(35)31-33)42-23-12-8-20-39(42)49-44(52)30-29-37-36-18-9-13-26-47(36)54-50(37)49/h3-31H,1-2H3/i1D3,2D3,3D,4D,5D,6D,7D,8D,9D,10D,11D,12D,13D,14D,15D,16D,17D,18D,19D,20D,21D,22D,23D,24D,25D,26D,27D,28D,29D,30D,31D. The molecule has 0 bridgehead atoms. The average Bonchev–Trinajstić information content (AvgIpc) is 1.48. The van der Waals surface area contributed by atoms with Gasteiger partial charge in [-0.05, 0) is 91.9 Å². The predicted octanol–water partition coefficient (Wildman–Crippen LogP) is 13.7. The monoisotopic (exact) mass is 724 g/mol. The summed E-state index contributed by atoms with van der Waals surface area (Å²) in [6.45, 7) is -8.12. The van der Waals surface area contributed by atoms with Crippen molar-refractivity contribution in [3.8, 4) is 33.4 Å². The Hall–Kier alpha value is -6.64. The van der Waals surface area contributed by atoms with Crippen LogP contribution in [0.4, 0.5) is 17.1 Å². The van der Waals surface area contributed by atoms with E-state index in [9.17, 15) is 23.3 Å². The molecule has 254 valence electrons. The highest BCUT2D eigenvalue weighted by Crippen LogP contribution is 2.65. The number of anilines is 3. The molecule has 3 aliphatic carbocycles. The molecule has 0 N–H and O–H groups in total. The predicted molar refractivity (Wildman–Crippen MR) is 222 cm³/mol. The number of nitrogens with zero attached hydrogens (tertiary/aromatic N) is 1. The van der Waals surface area contributed by atoms with Gasteiger partial charge in [-0.2, -0.15) is 0 Å². The maximum absolute atomic E-state index is 10.8. The summed E-state index contributed by atoms with van der Waals surface area (Å²) in [5.41, 5.74) is -23.6. The van der Waals surface area contributed by atoms with Crippen LogP contribution in [-0.2, 0) is 10.8 Å². The normalized spacial score (nSPS) is 26.2. The lowest BCUT2D eigenvalue weighted by Crippen LogP contribution is -2.26. The molecule has 2 heteroatoms. The number of para-hydroxylation sites is 2. The van der Waals surface area contributed by atoms with E-state index in [2.05, 4.69) is 0 Å². The fraction of sp³-hybridized carbons (Fsp3) is 0.0769.